The van der Waals surface area contributed by atoms with Crippen molar-refractivity contribution in [1.29, 1.82) is 0 Å². The first-order valence-corrected chi connectivity index (χ1v) is 6.68. The maximum Gasteiger partial charge on any atom is 0.306 e. The summed E-state index contributed by atoms with van der Waals surface area (Å²) >= 11 is 5.01. The molecule has 1 aromatic carbocycles. The number of nitrogens with one attached hydrogen (secondary N) is 3. The number of cyclic esters (lactones) is 1. The molecule has 1 aliphatic heterocycles. The predicted octanol–water partition coefficient (Wildman–Crippen LogP) is 2.12. The van der Waals surface area contributed by atoms with Crippen LogP contribution in [0, 0.1) is 10.7 Å². The van der Waals surface area contributed by atoms with Crippen LogP contribution in [-0.2, 0) is 14.3 Å². The zero-order valence-corrected chi connectivity index (χ0v) is 11.4. The number of aromatic amines is 2. The molecule has 1 aromatic heterocycles. The Labute approximate surface area is 119 Å². The van der Waals surface area contributed by atoms with Crippen LogP contribution in [0.25, 0.3) is 11.0 Å². The number of hydrogen-bond acceptors (Lipinski definition) is 4. The quantitative estimate of drug-likeness (QED) is 0.597. The van der Waals surface area contributed by atoms with E-state index >= 15 is 0 Å². The number of anilines is 1. The number of H-pyrrole nitrogens is 2. The number of fused-ring (bicyclic) bond motifs is 1. The Balaban J connectivity index is 1.67. The largest absolute Gasteiger partial charge is 0.465 e. The third-order valence-electron chi connectivity index (χ3n) is 3.21. The van der Waals surface area contributed by atoms with Crippen molar-refractivity contribution in [3.8, 4) is 0 Å². The molecular formula is C13H13N3O3S. The number of hydrogen-bond donors (Lipinski definition) is 3. The van der Waals surface area contributed by atoms with Crippen molar-refractivity contribution >= 4 is 40.8 Å². The van der Waals surface area contributed by atoms with Crippen molar-refractivity contribution in [2.75, 3.05) is 11.9 Å². The number of carbonyl (C=O) groups is 2. The third-order valence-corrected chi connectivity index (χ3v) is 3.41. The molecule has 0 unspecified atom stereocenters. The lowest BCUT2D eigenvalue weighted by atomic mass is 10.0. The highest BCUT2D eigenvalue weighted by molar-refractivity contribution is 7.71. The monoisotopic (exact) mass is 291 g/mol. The van der Waals surface area contributed by atoms with E-state index in [1.807, 2.05) is 12.1 Å². The van der Waals surface area contributed by atoms with Crippen LogP contribution < -0.4 is 5.32 Å². The standard InChI is InChI=1S/C13H13N3O3S/c17-11(3-7-4-12(18)19-6-7)14-8-1-2-9-10(5-8)16-13(20)15-9/h1-2,5,7H,3-4,6H2,(H,14,17)(H2,15,16,20)/t7-/m1/s1. The Morgan fingerprint density at radius 3 is 2.95 bits per heavy atom. The molecule has 6 nitrogen and oxygen atoms in total. The van der Waals surface area contributed by atoms with Gasteiger partial charge in [0.2, 0.25) is 5.91 Å². The zero-order valence-electron chi connectivity index (χ0n) is 10.6. The van der Waals surface area contributed by atoms with Gasteiger partial charge in [-0.2, -0.15) is 0 Å². The van der Waals surface area contributed by atoms with Crippen LogP contribution in [0.1, 0.15) is 12.8 Å². The highest BCUT2D eigenvalue weighted by Crippen LogP contribution is 2.20. The molecule has 2 heterocycles. The average molecular weight is 291 g/mol. The van der Waals surface area contributed by atoms with Gasteiger partial charge in [0.15, 0.2) is 4.77 Å². The van der Waals surface area contributed by atoms with E-state index in [1.54, 1.807) is 6.07 Å². The lowest BCUT2D eigenvalue weighted by molar-refractivity contribution is -0.138. The smallest absolute Gasteiger partial charge is 0.306 e. The lowest BCUT2D eigenvalue weighted by Gasteiger charge is -2.07. The van der Waals surface area contributed by atoms with Crippen LogP contribution in [0.15, 0.2) is 18.2 Å². The summed E-state index contributed by atoms with van der Waals surface area (Å²) in [6, 6.07) is 5.46. The van der Waals surface area contributed by atoms with Gasteiger partial charge >= 0.3 is 5.97 Å². The van der Waals surface area contributed by atoms with Gasteiger partial charge in [-0.05, 0) is 30.4 Å². The number of amides is 1. The van der Waals surface area contributed by atoms with Crippen molar-refractivity contribution in [3.05, 3.63) is 23.0 Å². The molecule has 104 valence electrons. The van der Waals surface area contributed by atoms with Gasteiger partial charge in [0.05, 0.1) is 24.1 Å². The van der Waals surface area contributed by atoms with Crippen molar-refractivity contribution in [1.82, 2.24) is 9.97 Å². The van der Waals surface area contributed by atoms with Gasteiger partial charge in [-0.25, -0.2) is 0 Å². The van der Waals surface area contributed by atoms with E-state index < -0.39 is 0 Å². The van der Waals surface area contributed by atoms with Crippen molar-refractivity contribution in [2.45, 2.75) is 12.8 Å². The molecule has 1 fully saturated rings. The first kappa shape index (κ1) is 12.9. The number of rotatable bonds is 3. The molecular weight excluding hydrogens is 278 g/mol. The fraction of sp³-hybridized carbons (Fsp3) is 0.308. The number of esters is 1. The molecule has 0 bridgehead atoms. The van der Waals surface area contributed by atoms with E-state index in [2.05, 4.69) is 15.3 Å². The first-order valence-electron chi connectivity index (χ1n) is 6.28. The van der Waals surface area contributed by atoms with Gasteiger partial charge in [0.1, 0.15) is 0 Å². The van der Waals surface area contributed by atoms with Gasteiger partial charge in [0, 0.05) is 18.0 Å². The maximum atomic E-state index is 11.9. The molecule has 0 spiro atoms. The summed E-state index contributed by atoms with van der Waals surface area (Å²) in [7, 11) is 0. The van der Waals surface area contributed by atoms with Crippen LogP contribution in [0.3, 0.4) is 0 Å². The molecule has 1 amide bonds. The molecule has 2 aromatic rings. The Bertz CT molecular complexity index is 734. The van der Waals surface area contributed by atoms with Gasteiger partial charge in [-0.1, -0.05) is 0 Å². The van der Waals surface area contributed by atoms with E-state index in [0.717, 1.165) is 11.0 Å². The SMILES string of the molecule is O=C(C[C@H]1COC(=O)C1)Nc1ccc2[nH]c(=S)[nH]c2c1. The van der Waals surface area contributed by atoms with Crippen molar-refractivity contribution in [2.24, 2.45) is 5.92 Å². The first-order chi connectivity index (χ1) is 9.60. The molecule has 3 rings (SSSR count). The predicted molar refractivity (Wildman–Crippen MR) is 75.8 cm³/mol. The average Bonchev–Trinajstić information content (AvgIpc) is 2.93. The summed E-state index contributed by atoms with van der Waals surface area (Å²) < 4.78 is 5.38. The van der Waals surface area contributed by atoms with Crippen LogP contribution in [0.5, 0.6) is 0 Å². The van der Waals surface area contributed by atoms with E-state index in [-0.39, 0.29) is 24.2 Å². The summed E-state index contributed by atoms with van der Waals surface area (Å²) in [6.07, 6.45) is 0.601. The Kier molecular flexibility index (Phi) is 3.27. The lowest BCUT2D eigenvalue weighted by Crippen LogP contribution is -2.16. The number of aromatic nitrogens is 2. The summed E-state index contributed by atoms with van der Waals surface area (Å²) in [6.45, 7) is 0.330. The van der Waals surface area contributed by atoms with E-state index in [0.29, 0.717) is 23.5 Å². The highest BCUT2D eigenvalue weighted by Gasteiger charge is 2.25. The Morgan fingerprint density at radius 2 is 2.20 bits per heavy atom. The van der Waals surface area contributed by atoms with Gasteiger partial charge in [-0.15, -0.1) is 0 Å². The minimum absolute atomic E-state index is 0.0238. The third kappa shape index (κ3) is 2.72. The maximum absolute atomic E-state index is 11.9. The molecule has 1 atom stereocenters. The fourth-order valence-corrected chi connectivity index (χ4v) is 2.50. The second-order valence-corrected chi connectivity index (χ2v) is 5.25. The molecule has 0 saturated carbocycles. The second kappa shape index (κ2) is 5.09. The number of ether oxygens (including phenoxy) is 1. The number of imidazole rings is 1. The summed E-state index contributed by atoms with van der Waals surface area (Å²) in [4.78, 5) is 28.9. The van der Waals surface area contributed by atoms with Crippen LogP contribution >= 0.6 is 12.2 Å². The number of benzene rings is 1. The zero-order chi connectivity index (χ0) is 14.1. The van der Waals surface area contributed by atoms with E-state index in [1.165, 1.54) is 0 Å². The molecule has 0 aliphatic carbocycles. The highest BCUT2D eigenvalue weighted by atomic mass is 32.1. The molecule has 7 heteroatoms. The van der Waals surface area contributed by atoms with Crippen LogP contribution in [0.4, 0.5) is 5.69 Å². The van der Waals surface area contributed by atoms with E-state index in [4.69, 9.17) is 17.0 Å². The second-order valence-electron chi connectivity index (χ2n) is 4.84. The fourth-order valence-electron chi connectivity index (χ4n) is 2.28. The molecule has 3 N–H and O–H groups in total. The minimum atomic E-state index is -0.232. The summed E-state index contributed by atoms with van der Waals surface area (Å²) in [5, 5.41) is 2.81. The summed E-state index contributed by atoms with van der Waals surface area (Å²) in [5.74, 6) is -0.379. The van der Waals surface area contributed by atoms with Gasteiger partial charge in [0.25, 0.3) is 0 Å². The number of carbonyl (C=O) groups excluding carboxylic acids is 2. The molecule has 1 aliphatic rings. The summed E-state index contributed by atoms with van der Waals surface area (Å²) in [5.41, 5.74) is 2.42. The van der Waals surface area contributed by atoms with E-state index in [9.17, 15) is 9.59 Å². The minimum Gasteiger partial charge on any atom is -0.465 e. The van der Waals surface area contributed by atoms with Gasteiger partial charge < -0.3 is 20.0 Å². The topological polar surface area (TPSA) is 87.0 Å². The Morgan fingerprint density at radius 1 is 1.40 bits per heavy atom. The van der Waals surface area contributed by atoms with Crippen LogP contribution in [-0.4, -0.2) is 28.5 Å². The van der Waals surface area contributed by atoms with Gasteiger partial charge in [-0.3, -0.25) is 9.59 Å². The molecule has 1 saturated heterocycles. The normalized spacial score (nSPS) is 18.2. The molecule has 20 heavy (non-hydrogen) atoms. The van der Waals surface area contributed by atoms with Crippen molar-refractivity contribution in [3.63, 3.8) is 0 Å². The Hall–Kier alpha value is -2.15. The van der Waals surface area contributed by atoms with Crippen molar-refractivity contribution < 1.29 is 14.3 Å². The van der Waals surface area contributed by atoms with Crippen LogP contribution in [0.2, 0.25) is 0 Å². The molecule has 0 radical (unpaired) electrons.